The number of hydrogen-bond acceptors (Lipinski definition) is 4. The average Bonchev–Trinajstić information content (AvgIpc) is 2.35. The van der Waals surface area contributed by atoms with E-state index in [0.29, 0.717) is 11.5 Å². The number of rotatable bonds is 5. The van der Waals surface area contributed by atoms with Gasteiger partial charge in [0.05, 0.1) is 0 Å². The van der Waals surface area contributed by atoms with E-state index in [1.807, 2.05) is 0 Å². The van der Waals surface area contributed by atoms with Crippen LogP contribution in [-0.2, 0) is 4.43 Å². The van der Waals surface area contributed by atoms with Crippen molar-refractivity contribution in [3.63, 3.8) is 0 Å². The third-order valence-corrected chi connectivity index (χ3v) is 9.44. The second-order valence-corrected chi connectivity index (χ2v) is 15.9. The molecular formula is C18H33O4Si2. The molecule has 0 aliphatic carbocycles. The molecule has 137 valence electrons. The molecule has 1 unspecified atom stereocenters. The highest BCUT2D eigenvalue weighted by atomic mass is 28.4. The van der Waals surface area contributed by atoms with Gasteiger partial charge in [-0.25, -0.2) is 0 Å². The maximum Gasteiger partial charge on any atom is 0.250 e. The molecule has 0 amide bonds. The van der Waals surface area contributed by atoms with Crippen LogP contribution in [0.25, 0.3) is 0 Å². The standard InChI is InChI=1S/C18H33O4Si2/c1-17(2,3)16(21-23(7)8)14-11-13(19)15(12-20-14)22-24(9,10)18(4,5)6/h11-12,16H,1-10H3. The van der Waals surface area contributed by atoms with E-state index in [1.54, 1.807) is 0 Å². The van der Waals surface area contributed by atoms with Crippen LogP contribution in [0.4, 0.5) is 0 Å². The lowest BCUT2D eigenvalue weighted by atomic mass is 9.87. The Morgan fingerprint density at radius 1 is 1.12 bits per heavy atom. The summed E-state index contributed by atoms with van der Waals surface area (Å²) in [7, 11) is -2.99. The SMILES string of the molecule is C[Si](C)OC(c1cc(=O)c(O[Si](C)(C)C(C)(C)C)co1)C(C)(C)C. The Labute approximate surface area is 149 Å². The van der Waals surface area contributed by atoms with Gasteiger partial charge in [-0.2, -0.15) is 0 Å². The molecule has 1 radical (unpaired) electrons. The van der Waals surface area contributed by atoms with Crippen LogP contribution in [0.1, 0.15) is 53.4 Å². The highest BCUT2D eigenvalue weighted by Crippen LogP contribution is 2.38. The molecule has 4 nitrogen and oxygen atoms in total. The van der Waals surface area contributed by atoms with Crippen LogP contribution in [-0.4, -0.2) is 17.4 Å². The van der Waals surface area contributed by atoms with E-state index in [4.69, 9.17) is 13.3 Å². The molecule has 1 rings (SSSR count). The lowest BCUT2D eigenvalue weighted by Gasteiger charge is -2.36. The van der Waals surface area contributed by atoms with E-state index in [2.05, 4.69) is 67.7 Å². The molecule has 0 spiro atoms. The maximum atomic E-state index is 12.6. The minimum atomic E-state index is -2.07. The van der Waals surface area contributed by atoms with Crippen LogP contribution in [0.5, 0.6) is 5.75 Å². The van der Waals surface area contributed by atoms with Gasteiger partial charge in [-0.05, 0) is 36.6 Å². The quantitative estimate of drug-likeness (QED) is 0.654. The van der Waals surface area contributed by atoms with Crippen molar-refractivity contribution >= 4 is 17.4 Å². The summed E-state index contributed by atoms with van der Waals surface area (Å²) in [5.74, 6) is 0.873. The fraction of sp³-hybridized carbons (Fsp3) is 0.722. The molecule has 0 fully saturated rings. The Balaban J connectivity index is 3.17. The van der Waals surface area contributed by atoms with Gasteiger partial charge in [-0.15, -0.1) is 0 Å². The van der Waals surface area contributed by atoms with E-state index in [9.17, 15) is 4.79 Å². The first-order chi connectivity index (χ1) is 10.6. The van der Waals surface area contributed by atoms with Crippen LogP contribution in [0.3, 0.4) is 0 Å². The normalized spacial score (nSPS) is 14.8. The monoisotopic (exact) mass is 369 g/mol. The van der Waals surface area contributed by atoms with Crippen LogP contribution in [0.2, 0.25) is 31.2 Å². The van der Waals surface area contributed by atoms with Gasteiger partial charge in [0.2, 0.25) is 14.5 Å². The zero-order valence-corrected chi connectivity index (χ0v) is 18.9. The van der Waals surface area contributed by atoms with Crippen molar-refractivity contribution in [1.82, 2.24) is 0 Å². The minimum Gasteiger partial charge on any atom is -0.539 e. The van der Waals surface area contributed by atoms with Crippen molar-refractivity contribution in [3.05, 3.63) is 28.3 Å². The molecule has 24 heavy (non-hydrogen) atoms. The predicted octanol–water partition coefficient (Wildman–Crippen LogP) is 5.38. The Morgan fingerprint density at radius 3 is 2.04 bits per heavy atom. The van der Waals surface area contributed by atoms with Crippen LogP contribution < -0.4 is 9.85 Å². The summed E-state index contributed by atoms with van der Waals surface area (Å²) in [4.78, 5) is 12.6. The molecular weight excluding hydrogens is 336 g/mol. The van der Waals surface area contributed by atoms with Crippen LogP contribution in [0.15, 0.2) is 21.5 Å². The molecule has 0 aliphatic heterocycles. The average molecular weight is 370 g/mol. The van der Waals surface area contributed by atoms with Gasteiger partial charge in [0.25, 0.3) is 8.32 Å². The Bertz CT molecular complexity index is 607. The fourth-order valence-electron chi connectivity index (χ4n) is 1.95. The van der Waals surface area contributed by atoms with E-state index in [0.717, 1.165) is 0 Å². The van der Waals surface area contributed by atoms with Crippen molar-refractivity contribution < 1.29 is 13.3 Å². The molecule has 0 bridgehead atoms. The summed E-state index contributed by atoms with van der Waals surface area (Å²) in [6, 6.07) is 1.53. The Morgan fingerprint density at radius 2 is 1.67 bits per heavy atom. The zero-order chi connectivity index (χ0) is 18.9. The van der Waals surface area contributed by atoms with Gasteiger partial charge in [0.15, 0.2) is 5.75 Å². The maximum absolute atomic E-state index is 12.6. The van der Waals surface area contributed by atoms with Gasteiger partial charge < -0.3 is 13.3 Å². The minimum absolute atomic E-state index is 0.0247. The molecule has 0 aromatic carbocycles. The van der Waals surface area contributed by atoms with Crippen molar-refractivity contribution in [3.8, 4) is 5.75 Å². The van der Waals surface area contributed by atoms with E-state index in [-0.39, 0.29) is 22.0 Å². The highest BCUT2D eigenvalue weighted by molar-refractivity contribution is 6.74. The molecule has 1 heterocycles. The summed E-state index contributed by atoms with van der Waals surface area (Å²) in [6.07, 6.45) is 1.22. The van der Waals surface area contributed by atoms with E-state index < -0.39 is 17.4 Å². The second kappa shape index (κ2) is 7.18. The summed E-state index contributed by atoms with van der Waals surface area (Å²) >= 11 is 0. The first-order valence-corrected chi connectivity index (χ1v) is 13.8. The van der Waals surface area contributed by atoms with Crippen molar-refractivity contribution in [2.75, 3.05) is 0 Å². The molecule has 0 saturated carbocycles. The van der Waals surface area contributed by atoms with Gasteiger partial charge in [0, 0.05) is 6.07 Å². The lowest BCUT2D eigenvalue weighted by molar-refractivity contribution is 0.0642. The van der Waals surface area contributed by atoms with Gasteiger partial charge in [-0.1, -0.05) is 41.5 Å². The fourth-order valence-corrected chi connectivity index (χ4v) is 3.90. The van der Waals surface area contributed by atoms with Gasteiger partial charge in [0.1, 0.15) is 18.1 Å². The summed E-state index contributed by atoms with van der Waals surface area (Å²) in [6.45, 7) is 21.1. The molecule has 0 saturated heterocycles. The first-order valence-electron chi connectivity index (χ1n) is 8.44. The van der Waals surface area contributed by atoms with E-state index >= 15 is 0 Å². The third-order valence-electron chi connectivity index (χ3n) is 4.39. The summed E-state index contributed by atoms with van der Waals surface area (Å²) < 4.78 is 18.0. The molecule has 1 aromatic rings. The molecule has 1 aromatic heterocycles. The smallest absolute Gasteiger partial charge is 0.250 e. The van der Waals surface area contributed by atoms with Crippen LogP contribution in [0, 0.1) is 5.41 Å². The molecule has 0 N–H and O–H groups in total. The Hall–Kier alpha value is -0.856. The highest BCUT2D eigenvalue weighted by Gasteiger charge is 2.40. The van der Waals surface area contributed by atoms with Crippen molar-refractivity contribution in [1.29, 1.82) is 0 Å². The van der Waals surface area contributed by atoms with Crippen molar-refractivity contribution in [2.24, 2.45) is 5.41 Å². The van der Waals surface area contributed by atoms with Crippen LogP contribution >= 0.6 is 0 Å². The predicted molar refractivity (Wildman–Crippen MR) is 104 cm³/mol. The zero-order valence-electron chi connectivity index (χ0n) is 16.9. The molecule has 0 aliphatic rings. The lowest BCUT2D eigenvalue weighted by Crippen LogP contribution is -2.44. The van der Waals surface area contributed by atoms with E-state index in [1.165, 1.54) is 12.3 Å². The summed E-state index contributed by atoms with van der Waals surface area (Å²) in [5.41, 5.74) is -0.292. The van der Waals surface area contributed by atoms with Crippen molar-refractivity contribution in [2.45, 2.75) is 78.9 Å². The van der Waals surface area contributed by atoms with Gasteiger partial charge in [-0.3, -0.25) is 4.79 Å². The molecule has 1 atom stereocenters. The molecule has 6 heteroatoms. The second-order valence-electron chi connectivity index (χ2n) is 9.15. The topological polar surface area (TPSA) is 48.7 Å². The number of hydrogen-bond donors (Lipinski definition) is 0. The Kier molecular flexibility index (Phi) is 6.33. The third kappa shape index (κ3) is 5.32. The summed E-state index contributed by atoms with van der Waals surface area (Å²) in [5, 5.41) is 0.0247. The largest absolute Gasteiger partial charge is 0.539 e. The first kappa shape index (κ1) is 21.2. The van der Waals surface area contributed by atoms with Gasteiger partial charge >= 0.3 is 0 Å².